The van der Waals surface area contributed by atoms with Crippen molar-refractivity contribution in [3.8, 4) is 0 Å². The molecule has 0 aromatic heterocycles. The smallest absolute Gasteiger partial charge is 0.407 e. The summed E-state index contributed by atoms with van der Waals surface area (Å²) in [7, 11) is -1.76. The van der Waals surface area contributed by atoms with Crippen molar-refractivity contribution in [1.82, 2.24) is 5.32 Å². The van der Waals surface area contributed by atoms with Gasteiger partial charge >= 0.3 is 11.5 Å². The summed E-state index contributed by atoms with van der Waals surface area (Å²) in [5, 5.41) is -1.77. The van der Waals surface area contributed by atoms with Gasteiger partial charge in [0.25, 0.3) is 0 Å². The maximum Gasteiger partial charge on any atom is 0.407 e. The molecule has 2 atom stereocenters. The SMILES string of the molecule is Cc1ccc(S(=O)C[C@@H](NC(=O)OCc2ccccc2)C(F)(F)Cl)cc1. The summed E-state index contributed by atoms with van der Waals surface area (Å²) in [6, 6.07) is 13.6. The average molecular weight is 402 g/mol. The van der Waals surface area contributed by atoms with Crippen LogP contribution in [-0.2, 0) is 22.1 Å². The Morgan fingerprint density at radius 3 is 2.38 bits per heavy atom. The second-order valence-electron chi connectivity index (χ2n) is 5.63. The van der Waals surface area contributed by atoms with E-state index in [1.54, 1.807) is 54.6 Å². The van der Waals surface area contributed by atoms with Crippen LogP contribution in [0.15, 0.2) is 59.5 Å². The van der Waals surface area contributed by atoms with E-state index in [-0.39, 0.29) is 6.61 Å². The molecule has 4 nitrogen and oxygen atoms in total. The van der Waals surface area contributed by atoms with E-state index in [1.165, 1.54) is 0 Å². The monoisotopic (exact) mass is 401 g/mol. The van der Waals surface area contributed by atoms with Crippen LogP contribution in [0.4, 0.5) is 13.6 Å². The van der Waals surface area contributed by atoms with Crippen LogP contribution >= 0.6 is 11.6 Å². The number of carbonyl (C=O) groups is 1. The zero-order valence-corrected chi connectivity index (χ0v) is 15.5. The lowest BCUT2D eigenvalue weighted by atomic mass is 10.2. The lowest BCUT2D eigenvalue weighted by Crippen LogP contribution is -2.48. The molecule has 0 aliphatic rings. The summed E-state index contributed by atoms with van der Waals surface area (Å²) in [5.74, 6) is -0.542. The Bertz CT molecular complexity index is 751. The first-order valence-corrected chi connectivity index (χ1v) is 9.44. The summed E-state index contributed by atoms with van der Waals surface area (Å²) in [6.07, 6.45) is -1.06. The molecule has 8 heteroatoms. The lowest BCUT2D eigenvalue weighted by Gasteiger charge is -2.22. The van der Waals surface area contributed by atoms with Gasteiger partial charge in [-0.25, -0.2) is 4.79 Å². The fourth-order valence-corrected chi connectivity index (χ4v) is 3.51. The zero-order valence-electron chi connectivity index (χ0n) is 14.0. The van der Waals surface area contributed by atoms with Crippen LogP contribution in [-0.4, -0.2) is 27.5 Å². The Kier molecular flexibility index (Phi) is 7.11. The molecule has 1 unspecified atom stereocenters. The highest BCUT2D eigenvalue weighted by molar-refractivity contribution is 7.85. The number of aryl methyl sites for hydroxylation is 1. The molecule has 0 aliphatic carbocycles. The van der Waals surface area contributed by atoms with Gasteiger partial charge in [0.1, 0.15) is 12.6 Å². The highest BCUT2D eigenvalue weighted by Crippen LogP contribution is 2.25. The van der Waals surface area contributed by atoms with Crippen molar-refractivity contribution in [2.45, 2.75) is 29.8 Å². The van der Waals surface area contributed by atoms with Crippen molar-refractivity contribution in [2.75, 3.05) is 5.75 Å². The molecular weight excluding hydrogens is 384 g/mol. The number of hydrogen-bond acceptors (Lipinski definition) is 3. The van der Waals surface area contributed by atoms with Gasteiger partial charge in [-0.3, -0.25) is 4.21 Å². The molecule has 140 valence electrons. The van der Waals surface area contributed by atoms with Gasteiger partial charge in [0, 0.05) is 4.90 Å². The molecule has 2 rings (SSSR count). The molecule has 0 spiro atoms. The van der Waals surface area contributed by atoms with Crippen molar-refractivity contribution < 1.29 is 22.5 Å². The molecule has 0 bridgehead atoms. The van der Waals surface area contributed by atoms with Crippen molar-refractivity contribution in [2.24, 2.45) is 0 Å². The van der Waals surface area contributed by atoms with Crippen LogP contribution in [0.1, 0.15) is 11.1 Å². The molecule has 0 radical (unpaired) electrons. The van der Waals surface area contributed by atoms with E-state index >= 15 is 0 Å². The summed E-state index contributed by atoms with van der Waals surface area (Å²) < 4.78 is 44.4. The lowest BCUT2D eigenvalue weighted by molar-refractivity contribution is 0.0526. The van der Waals surface area contributed by atoms with Crippen molar-refractivity contribution >= 4 is 28.5 Å². The predicted molar refractivity (Wildman–Crippen MR) is 96.8 cm³/mol. The van der Waals surface area contributed by atoms with E-state index in [2.05, 4.69) is 0 Å². The molecule has 26 heavy (non-hydrogen) atoms. The summed E-state index contributed by atoms with van der Waals surface area (Å²) in [4.78, 5) is 12.2. The quantitative estimate of drug-likeness (QED) is 0.706. The maximum absolute atomic E-state index is 13.6. The summed E-state index contributed by atoms with van der Waals surface area (Å²) in [6.45, 7) is 1.78. The maximum atomic E-state index is 13.6. The molecule has 2 aromatic carbocycles. The minimum Gasteiger partial charge on any atom is -0.445 e. The first kappa shape index (κ1) is 20.3. The second-order valence-corrected chi connectivity index (χ2v) is 7.63. The van der Waals surface area contributed by atoms with E-state index in [0.29, 0.717) is 10.5 Å². The minimum atomic E-state index is -3.77. The van der Waals surface area contributed by atoms with Crippen molar-refractivity contribution in [3.05, 3.63) is 65.7 Å². The average Bonchev–Trinajstić information content (AvgIpc) is 2.60. The Morgan fingerprint density at radius 2 is 1.81 bits per heavy atom. The van der Waals surface area contributed by atoms with Gasteiger partial charge in [0.05, 0.1) is 16.6 Å². The second kappa shape index (κ2) is 9.09. The Balaban J connectivity index is 1.97. The molecule has 2 aromatic rings. The Morgan fingerprint density at radius 1 is 1.19 bits per heavy atom. The predicted octanol–water partition coefficient (Wildman–Crippen LogP) is 4.23. The first-order chi connectivity index (χ1) is 12.3. The van der Waals surface area contributed by atoms with Crippen LogP contribution in [0.25, 0.3) is 0 Å². The fraction of sp³-hybridized carbons (Fsp3) is 0.278. The van der Waals surface area contributed by atoms with Crippen LogP contribution in [0, 0.1) is 6.92 Å². The fourth-order valence-electron chi connectivity index (χ4n) is 2.06. The van der Waals surface area contributed by atoms with Gasteiger partial charge in [0.2, 0.25) is 0 Å². The Labute approximate surface area is 158 Å². The van der Waals surface area contributed by atoms with E-state index in [4.69, 9.17) is 16.3 Å². The van der Waals surface area contributed by atoms with E-state index in [1.807, 2.05) is 12.2 Å². The number of hydrogen-bond donors (Lipinski definition) is 1. The third kappa shape index (κ3) is 6.38. The van der Waals surface area contributed by atoms with Gasteiger partial charge in [-0.05, 0) is 36.2 Å². The molecule has 0 aliphatic heterocycles. The van der Waals surface area contributed by atoms with Gasteiger partial charge in [-0.1, -0.05) is 48.0 Å². The number of alkyl halides is 3. The van der Waals surface area contributed by atoms with E-state index in [0.717, 1.165) is 5.56 Å². The zero-order chi connectivity index (χ0) is 19.2. The standard InChI is InChI=1S/C18H18ClF2NO3S/c1-13-7-9-15(10-8-13)26(24)12-16(18(19,20)21)22-17(23)25-11-14-5-3-2-4-6-14/h2-10,16H,11-12H2,1H3,(H,22,23)/t16-,26?/m1/s1. The summed E-state index contributed by atoms with van der Waals surface area (Å²) in [5.41, 5.74) is 1.66. The molecule has 1 amide bonds. The van der Waals surface area contributed by atoms with Crippen LogP contribution in [0.3, 0.4) is 0 Å². The number of halogens is 3. The van der Waals surface area contributed by atoms with Crippen molar-refractivity contribution in [3.63, 3.8) is 0 Å². The highest BCUT2D eigenvalue weighted by Gasteiger charge is 2.40. The number of alkyl carbamates (subject to hydrolysis) is 1. The van der Waals surface area contributed by atoms with Gasteiger partial charge in [0.15, 0.2) is 0 Å². The molecular formula is C18H18ClF2NO3S. The number of ether oxygens (including phenoxy) is 1. The molecule has 1 N–H and O–H groups in total. The van der Waals surface area contributed by atoms with Gasteiger partial charge < -0.3 is 10.1 Å². The van der Waals surface area contributed by atoms with Crippen LogP contribution in [0.2, 0.25) is 0 Å². The third-order valence-corrected chi connectivity index (χ3v) is 5.20. The first-order valence-electron chi connectivity index (χ1n) is 7.74. The molecule has 0 saturated carbocycles. The number of rotatable bonds is 7. The normalized spacial score (nSPS) is 13.7. The number of benzene rings is 2. The van der Waals surface area contributed by atoms with Crippen molar-refractivity contribution in [1.29, 1.82) is 0 Å². The van der Waals surface area contributed by atoms with Crippen LogP contribution < -0.4 is 5.32 Å². The molecule has 0 fully saturated rings. The van der Waals surface area contributed by atoms with E-state index in [9.17, 15) is 17.8 Å². The summed E-state index contributed by atoms with van der Waals surface area (Å²) >= 11 is 5.08. The van der Waals surface area contributed by atoms with E-state index < -0.39 is 34.1 Å². The van der Waals surface area contributed by atoms with Crippen LogP contribution in [0.5, 0.6) is 0 Å². The van der Waals surface area contributed by atoms with Gasteiger partial charge in [-0.15, -0.1) is 0 Å². The number of nitrogens with one attached hydrogen (secondary N) is 1. The largest absolute Gasteiger partial charge is 0.445 e. The topological polar surface area (TPSA) is 55.4 Å². The van der Waals surface area contributed by atoms with Gasteiger partial charge in [-0.2, -0.15) is 8.78 Å². The molecule has 0 heterocycles. The molecule has 0 saturated heterocycles. The third-order valence-electron chi connectivity index (χ3n) is 3.50. The number of carbonyl (C=O) groups excluding carboxylic acids is 1. The number of amides is 1. The Hall–Kier alpha value is -1.99. The minimum absolute atomic E-state index is 0.0751. The highest BCUT2D eigenvalue weighted by atomic mass is 35.5.